The number of likely N-dealkylation sites (tertiary alicyclic amines) is 1. The van der Waals surface area contributed by atoms with Crippen molar-refractivity contribution in [1.29, 1.82) is 0 Å². The van der Waals surface area contributed by atoms with Gasteiger partial charge in [0.05, 0.1) is 6.10 Å². The second kappa shape index (κ2) is 6.41. The van der Waals surface area contributed by atoms with Crippen LogP contribution in [0, 0.1) is 0 Å². The van der Waals surface area contributed by atoms with Gasteiger partial charge in [0.15, 0.2) is 0 Å². The minimum absolute atomic E-state index is 0.282. The lowest BCUT2D eigenvalue weighted by Crippen LogP contribution is -2.37. The lowest BCUT2D eigenvalue weighted by Gasteiger charge is -2.30. The quantitative estimate of drug-likeness (QED) is 0.883. The summed E-state index contributed by atoms with van der Waals surface area (Å²) < 4.78 is 5.33. The highest BCUT2D eigenvalue weighted by atomic mass is 35.5. The molecular formula is C17H20ClNO3. The van der Waals surface area contributed by atoms with Crippen molar-refractivity contribution in [1.82, 2.24) is 4.90 Å². The minimum Gasteiger partial charge on any atom is -0.423 e. The standard InChI is InChI=1S/C17H20ClNO3/c1-2-11-6-16-14(8-15(11)18)12(7-17(21)22-16)9-19-5-3-4-13(20)10-19/h6-8,13,20H,2-5,9-10H2,1H3. The molecule has 1 aromatic carbocycles. The van der Waals surface area contributed by atoms with Crippen LogP contribution >= 0.6 is 11.6 Å². The summed E-state index contributed by atoms with van der Waals surface area (Å²) in [6.07, 6.45) is 2.33. The number of aliphatic hydroxyl groups excluding tert-OH is 1. The molecule has 0 saturated carbocycles. The molecular weight excluding hydrogens is 302 g/mol. The number of hydrogen-bond donors (Lipinski definition) is 1. The molecule has 1 fully saturated rings. The summed E-state index contributed by atoms with van der Waals surface area (Å²) in [6, 6.07) is 5.27. The first kappa shape index (κ1) is 15.5. The molecule has 22 heavy (non-hydrogen) atoms. The molecule has 5 heteroatoms. The van der Waals surface area contributed by atoms with Gasteiger partial charge in [-0.2, -0.15) is 0 Å². The van der Waals surface area contributed by atoms with E-state index in [9.17, 15) is 9.90 Å². The first-order valence-electron chi connectivity index (χ1n) is 7.72. The number of piperidine rings is 1. The molecule has 0 spiro atoms. The fraction of sp³-hybridized carbons (Fsp3) is 0.471. The highest BCUT2D eigenvalue weighted by Crippen LogP contribution is 2.27. The zero-order valence-electron chi connectivity index (χ0n) is 12.6. The van der Waals surface area contributed by atoms with Crippen molar-refractivity contribution in [2.45, 2.75) is 38.8 Å². The molecule has 1 aliphatic rings. The first-order valence-corrected chi connectivity index (χ1v) is 8.10. The van der Waals surface area contributed by atoms with Gasteiger partial charge in [0.1, 0.15) is 5.58 Å². The maximum Gasteiger partial charge on any atom is 0.336 e. The van der Waals surface area contributed by atoms with Gasteiger partial charge >= 0.3 is 5.63 Å². The maximum atomic E-state index is 11.8. The number of nitrogens with zero attached hydrogens (tertiary/aromatic N) is 1. The molecule has 1 aromatic heterocycles. The summed E-state index contributed by atoms with van der Waals surface area (Å²) in [5, 5.41) is 11.4. The number of hydrogen-bond acceptors (Lipinski definition) is 4. The third-order valence-electron chi connectivity index (χ3n) is 4.25. The first-order chi connectivity index (χ1) is 10.6. The largest absolute Gasteiger partial charge is 0.423 e. The number of fused-ring (bicyclic) bond motifs is 1. The molecule has 0 aliphatic carbocycles. The molecule has 0 bridgehead atoms. The summed E-state index contributed by atoms with van der Waals surface area (Å²) in [5.41, 5.74) is 2.12. The third-order valence-corrected chi connectivity index (χ3v) is 4.60. The van der Waals surface area contributed by atoms with E-state index >= 15 is 0 Å². The van der Waals surface area contributed by atoms with E-state index in [0.29, 0.717) is 23.7 Å². The van der Waals surface area contributed by atoms with Crippen molar-refractivity contribution in [3.8, 4) is 0 Å². The van der Waals surface area contributed by atoms with Crippen molar-refractivity contribution >= 4 is 22.6 Å². The van der Waals surface area contributed by atoms with Gasteiger partial charge in [-0.15, -0.1) is 0 Å². The third kappa shape index (κ3) is 3.19. The zero-order chi connectivity index (χ0) is 15.7. The number of halogens is 1. The molecule has 4 nitrogen and oxygen atoms in total. The van der Waals surface area contributed by atoms with E-state index in [0.717, 1.165) is 42.3 Å². The van der Waals surface area contributed by atoms with E-state index in [1.165, 1.54) is 6.07 Å². The maximum absolute atomic E-state index is 11.8. The van der Waals surface area contributed by atoms with Crippen molar-refractivity contribution in [2.75, 3.05) is 13.1 Å². The monoisotopic (exact) mass is 321 g/mol. The van der Waals surface area contributed by atoms with Gasteiger partial charge in [-0.1, -0.05) is 18.5 Å². The minimum atomic E-state index is -0.343. The van der Waals surface area contributed by atoms with E-state index in [4.69, 9.17) is 16.0 Å². The fourth-order valence-electron chi connectivity index (χ4n) is 3.11. The van der Waals surface area contributed by atoms with E-state index in [1.807, 2.05) is 19.1 Å². The highest BCUT2D eigenvalue weighted by molar-refractivity contribution is 6.32. The molecule has 3 rings (SSSR count). The van der Waals surface area contributed by atoms with Gasteiger partial charge < -0.3 is 9.52 Å². The highest BCUT2D eigenvalue weighted by Gasteiger charge is 2.19. The summed E-state index contributed by atoms with van der Waals surface area (Å²) in [4.78, 5) is 14.0. The van der Waals surface area contributed by atoms with Gasteiger partial charge in [-0.3, -0.25) is 4.90 Å². The number of benzene rings is 1. The van der Waals surface area contributed by atoms with Crippen LogP contribution in [0.2, 0.25) is 5.02 Å². The molecule has 2 aromatic rings. The van der Waals surface area contributed by atoms with Gasteiger partial charge in [-0.05, 0) is 49.1 Å². The molecule has 2 heterocycles. The molecule has 118 valence electrons. The molecule has 0 radical (unpaired) electrons. The van der Waals surface area contributed by atoms with Gasteiger partial charge in [0.25, 0.3) is 0 Å². The van der Waals surface area contributed by atoms with Crippen LogP contribution in [-0.4, -0.2) is 29.2 Å². The Morgan fingerprint density at radius 1 is 1.36 bits per heavy atom. The normalized spacial score (nSPS) is 19.7. The SMILES string of the molecule is CCc1cc2oc(=O)cc(CN3CCCC(O)C3)c2cc1Cl. The molecule has 1 saturated heterocycles. The molecule has 1 aliphatic heterocycles. The van der Waals surface area contributed by atoms with E-state index in [-0.39, 0.29) is 11.7 Å². The Bertz CT molecular complexity index is 740. The van der Waals surface area contributed by atoms with E-state index in [2.05, 4.69) is 4.90 Å². The van der Waals surface area contributed by atoms with Gasteiger partial charge in [0, 0.05) is 29.6 Å². The number of rotatable bonds is 3. The van der Waals surface area contributed by atoms with Crippen LogP contribution in [0.3, 0.4) is 0 Å². The van der Waals surface area contributed by atoms with Crippen LogP contribution in [0.15, 0.2) is 27.4 Å². The van der Waals surface area contributed by atoms with Crippen LogP contribution in [0.5, 0.6) is 0 Å². The van der Waals surface area contributed by atoms with Crippen LogP contribution in [-0.2, 0) is 13.0 Å². The second-order valence-electron chi connectivity index (χ2n) is 5.92. The second-order valence-corrected chi connectivity index (χ2v) is 6.32. The van der Waals surface area contributed by atoms with Crippen molar-refractivity contribution in [2.24, 2.45) is 0 Å². The Balaban J connectivity index is 2.01. The van der Waals surface area contributed by atoms with Crippen LogP contribution in [0.4, 0.5) is 0 Å². The van der Waals surface area contributed by atoms with Crippen molar-refractivity contribution in [3.63, 3.8) is 0 Å². The average Bonchev–Trinajstić information content (AvgIpc) is 2.47. The summed E-state index contributed by atoms with van der Waals surface area (Å²) in [6.45, 7) is 4.22. The predicted octanol–water partition coefficient (Wildman–Crippen LogP) is 2.97. The predicted molar refractivity (Wildman–Crippen MR) is 87.4 cm³/mol. The Kier molecular flexibility index (Phi) is 4.52. The summed E-state index contributed by atoms with van der Waals surface area (Å²) in [5.74, 6) is 0. The van der Waals surface area contributed by atoms with Crippen molar-refractivity contribution < 1.29 is 9.52 Å². The smallest absolute Gasteiger partial charge is 0.336 e. The van der Waals surface area contributed by atoms with Crippen LogP contribution in [0.25, 0.3) is 11.0 Å². The zero-order valence-corrected chi connectivity index (χ0v) is 13.4. The Morgan fingerprint density at radius 2 is 2.18 bits per heavy atom. The number of aliphatic hydroxyl groups is 1. The molecule has 0 amide bonds. The topological polar surface area (TPSA) is 53.7 Å². The summed E-state index contributed by atoms with van der Waals surface area (Å²) >= 11 is 6.31. The van der Waals surface area contributed by atoms with Gasteiger partial charge in [-0.25, -0.2) is 4.79 Å². The average molecular weight is 322 g/mol. The fourth-order valence-corrected chi connectivity index (χ4v) is 3.40. The van der Waals surface area contributed by atoms with E-state index < -0.39 is 0 Å². The Hall–Kier alpha value is -1.36. The van der Waals surface area contributed by atoms with Crippen LogP contribution in [0.1, 0.15) is 30.9 Å². The Labute approximate surface area is 134 Å². The lowest BCUT2D eigenvalue weighted by molar-refractivity contribution is 0.0670. The van der Waals surface area contributed by atoms with E-state index in [1.54, 1.807) is 0 Å². The van der Waals surface area contributed by atoms with Crippen LogP contribution < -0.4 is 5.63 Å². The summed E-state index contributed by atoms with van der Waals surface area (Å²) in [7, 11) is 0. The van der Waals surface area contributed by atoms with Gasteiger partial charge in [0.2, 0.25) is 0 Å². The van der Waals surface area contributed by atoms with Crippen molar-refractivity contribution in [3.05, 3.63) is 44.8 Å². The Morgan fingerprint density at radius 3 is 2.91 bits per heavy atom. The number of aryl methyl sites for hydroxylation is 1. The number of β-amino-alcohol motifs (C(OH)–C–C–N with tert-alkyl or cyclic N) is 1. The molecule has 1 N–H and O–H groups in total. The lowest BCUT2D eigenvalue weighted by atomic mass is 10.0. The molecule has 1 unspecified atom stereocenters. The molecule has 1 atom stereocenters.